The Bertz CT molecular complexity index is 406. The van der Waals surface area contributed by atoms with E-state index in [1.165, 1.54) is 5.48 Å². The van der Waals surface area contributed by atoms with Crippen LogP contribution in [0.2, 0.25) is 0 Å². The number of alkyl halides is 3. The van der Waals surface area contributed by atoms with Crippen LogP contribution in [0.5, 0.6) is 0 Å². The minimum absolute atomic E-state index is 0.182. The van der Waals surface area contributed by atoms with E-state index in [-0.39, 0.29) is 11.3 Å². The third kappa shape index (κ3) is 2.80. The van der Waals surface area contributed by atoms with Crippen molar-refractivity contribution in [2.45, 2.75) is 5.38 Å². The molecule has 16 heavy (non-hydrogen) atoms. The summed E-state index contributed by atoms with van der Waals surface area (Å²) in [5.74, 6) is -0.834. The number of rotatable bonds is 3. The van der Waals surface area contributed by atoms with E-state index < -0.39 is 16.9 Å². The van der Waals surface area contributed by atoms with Crippen LogP contribution in [-0.2, 0) is 10.1 Å². The maximum absolute atomic E-state index is 12.8. The molecular weight excluding hydrogens is 244 g/mol. The minimum atomic E-state index is -3.66. The van der Waals surface area contributed by atoms with Gasteiger partial charge in [0, 0.05) is 11.3 Å². The van der Waals surface area contributed by atoms with Crippen molar-refractivity contribution in [2.75, 3.05) is 12.6 Å². The summed E-state index contributed by atoms with van der Waals surface area (Å²) in [5, 5.41) is 6.73. The summed E-state index contributed by atoms with van der Waals surface area (Å²) >= 11 is 4.79. The standard InChI is InChI=1S/C9H7ClF2NO3/c1-16-8(14)5-2-6(9(10,11)12)4-7(3-5)13-15/h2-4,13H,1H3/q-1. The summed E-state index contributed by atoms with van der Waals surface area (Å²) in [7, 11) is 1.10. The Balaban J connectivity index is 3.27. The van der Waals surface area contributed by atoms with Gasteiger partial charge < -0.3 is 15.4 Å². The predicted molar refractivity (Wildman–Crippen MR) is 54.5 cm³/mol. The van der Waals surface area contributed by atoms with Crippen molar-refractivity contribution in [3.05, 3.63) is 34.5 Å². The molecule has 0 saturated carbocycles. The normalized spacial score (nSPS) is 11.1. The van der Waals surface area contributed by atoms with Gasteiger partial charge in [0.1, 0.15) is 0 Å². The molecule has 0 radical (unpaired) electrons. The van der Waals surface area contributed by atoms with Crippen molar-refractivity contribution in [1.82, 2.24) is 0 Å². The van der Waals surface area contributed by atoms with E-state index in [1.54, 1.807) is 0 Å². The van der Waals surface area contributed by atoms with Crippen LogP contribution in [-0.4, -0.2) is 13.1 Å². The zero-order chi connectivity index (χ0) is 12.3. The number of ether oxygens (including phenoxy) is 1. The van der Waals surface area contributed by atoms with Crippen molar-refractivity contribution in [2.24, 2.45) is 0 Å². The van der Waals surface area contributed by atoms with E-state index in [0.29, 0.717) is 0 Å². The molecule has 0 aliphatic carbocycles. The van der Waals surface area contributed by atoms with Crippen LogP contribution in [0.25, 0.3) is 0 Å². The Morgan fingerprint density at radius 1 is 1.50 bits per heavy atom. The molecule has 1 rings (SSSR count). The molecule has 0 spiro atoms. The predicted octanol–water partition coefficient (Wildman–Crippen LogP) is 2.67. The van der Waals surface area contributed by atoms with Crippen molar-refractivity contribution < 1.29 is 18.3 Å². The molecule has 0 aliphatic rings. The van der Waals surface area contributed by atoms with Gasteiger partial charge in [-0.2, -0.15) is 8.78 Å². The van der Waals surface area contributed by atoms with E-state index in [9.17, 15) is 18.8 Å². The minimum Gasteiger partial charge on any atom is -0.761 e. The summed E-state index contributed by atoms with van der Waals surface area (Å²) < 4.78 is 30.0. The Morgan fingerprint density at radius 2 is 2.12 bits per heavy atom. The third-order valence-corrected chi connectivity index (χ3v) is 2.02. The third-order valence-electron chi connectivity index (χ3n) is 1.80. The molecule has 88 valence electrons. The van der Waals surface area contributed by atoms with Gasteiger partial charge in [0.15, 0.2) is 0 Å². The molecule has 1 aromatic carbocycles. The molecule has 0 aromatic heterocycles. The van der Waals surface area contributed by atoms with Crippen LogP contribution in [0.4, 0.5) is 14.5 Å². The molecule has 0 saturated heterocycles. The highest BCUT2D eigenvalue weighted by Gasteiger charge is 2.29. The van der Waals surface area contributed by atoms with E-state index in [1.807, 2.05) is 0 Å². The van der Waals surface area contributed by atoms with Crippen molar-refractivity contribution in [3.63, 3.8) is 0 Å². The van der Waals surface area contributed by atoms with Crippen molar-refractivity contribution in [3.8, 4) is 0 Å². The number of anilines is 1. The first kappa shape index (κ1) is 12.7. The second kappa shape index (κ2) is 4.63. The molecule has 0 atom stereocenters. The van der Waals surface area contributed by atoms with Crippen LogP contribution >= 0.6 is 11.6 Å². The zero-order valence-corrected chi connectivity index (χ0v) is 8.85. The fraction of sp³-hybridized carbons (Fsp3) is 0.222. The lowest BCUT2D eigenvalue weighted by molar-refractivity contribution is 0.0599. The number of esters is 1. The van der Waals surface area contributed by atoms with Gasteiger partial charge in [-0.15, -0.1) is 0 Å². The summed E-state index contributed by atoms with van der Waals surface area (Å²) in [4.78, 5) is 11.1. The summed E-state index contributed by atoms with van der Waals surface area (Å²) in [6.45, 7) is 0. The van der Waals surface area contributed by atoms with Gasteiger partial charge in [0.2, 0.25) is 0 Å². The maximum atomic E-state index is 12.8. The fourth-order valence-corrected chi connectivity index (χ4v) is 1.19. The van der Waals surface area contributed by atoms with Gasteiger partial charge in [-0.25, -0.2) is 4.79 Å². The first-order chi connectivity index (χ1) is 7.38. The topological polar surface area (TPSA) is 61.4 Å². The smallest absolute Gasteiger partial charge is 0.348 e. The SMILES string of the molecule is COC(=O)c1cc(N[O-])cc(C(F)(F)Cl)c1. The molecule has 0 unspecified atom stereocenters. The molecule has 0 aliphatic heterocycles. The van der Waals surface area contributed by atoms with E-state index in [2.05, 4.69) is 4.74 Å². The maximum Gasteiger partial charge on any atom is 0.348 e. The van der Waals surface area contributed by atoms with Crippen LogP contribution in [0.3, 0.4) is 0 Å². The van der Waals surface area contributed by atoms with Gasteiger partial charge in [-0.1, -0.05) is 0 Å². The zero-order valence-electron chi connectivity index (χ0n) is 8.09. The lowest BCUT2D eigenvalue weighted by Gasteiger charge is -2.15. The number of hydrogen-bond donors (Lipinski definition) is 1. The Labute approximate surface area is 94.7 Å². The Morgan fingerprint density at radius 3 is 2.56 bits per heavy atom. The molecule has 1 aromatic rings. The summed E-state index contributed by atoms with van der Waals surface area (Å²) in [6, 6.07) is 2.80. The number of hydrogen-bond acceptors (Lipinski definition) is 4. The molecule has 0 heterocycles. The second-order valence-electron chi connectivity index (χ2n) is 2.89. The highest BCUT2D eigenvalue weighted by Crippen LogP contribution is 2.34. The van der Waals surface area contributed by atoms with E-state index in [0.717, 1.165) is 25.3 Å². The van der Waals surface area contributed by atoms with Gasteiger partial charge in [0.05, 0.1) is 12.7 Å². The van der Waals surface area contributed by atoms with Crippen LogP contribution < -0.4 is 5.48 Å². The van der Waals surface area contributed by atoms with Crippen molar-refractivity contribution >= 4 is 23.3 Å². The molecule has 0 bridgehead atoms. The highest BCUT2D eigenvalue weighted by atomic mass is 35.5. The van der Waals surface area contributed by atoms with Crippen LogP contribution in [0.1, 0.15) is 15.9 Å². The number of methoxy groups -OCH3 is 1. The largest absolute Gasteiger partial charge is 0.761 e. The quantitative estimate of drug-likeness (QED) is 0.509. The summed E-state index contributed by atoms with van der Waals surface area (Å²) in [6.07, 6.45) is 0. The molecule has 1 N–H and O–H groups in total. The average molecular weight is 251 g/mol. The first-order valence-corrected chi connectivity index (χ1v) is 4.45. The van der Waals surface area contributed by atoms with E-state index >= 15 is 0 Å². The van der Waals surface area contributed by atoms with Gasteiger partial charge in [0.25, 0.3) is 0 Å². The Kier molecular flexibility index (Phi) is 3.66. The highest BCUT2D eigenvalue weighted by molar-refractivity contribution is 6.21. The molecular formula is C9H7ClF2NO3-. The number of carbonyl (C=O) groups is 1. The summed E-state index contributed by atoms with van der Waals surface area (Å²) in [5.41, 5.74) is 0.374. The van der Waals surface area contributed by atoms with Crippen molar-refractivity contribution in [1.29, 1.82) is 0 Å². The lowest BCUT2D eigenvalue weighted by Crippen LogP contribution is -2.08. The van der Waals surface area contributed by atoms with Gasteiger partial charge in [-0.3, -0.25) is 0 Å². The number of halogens is 3. The first-order valence-electron chi connectivity index (χ1n) is 4.07. The lowest BCUT2D eigenvalue weighted by atomic mass is 10.1. The molecule has 0 amide bonds. The van der Waals surface area contributed by atoms with Gasteiger partial charge in [-0.05, 0) is 29.8 Å². The average Bonchev–Trinajstić information content (AvgIpc) is 2.26. The number of benzene rings is 1. The second-order valence-corrected chi connectivity index (χ2v) is 3.37. The molecule has 7 heteroatoms. The molecule has 0 fully saturated rings. The Hall–Kier alpha value is -1.40. The monoisotopic (exact) mass is 250 g/mol. The number of carbonyl (C=O) groups excluding carboxylic acids is 1. The number of nitrogens with one attached hydrogen (secondary N) is 1. The van der Waals surface area contributed by atoms with Gasteiger partial charge >= 0.3 is 11.4 Å². The van der Waals surface area contributed by atoms with Crippen LogP contribution in [0.15, 0.2) is 18.2 Å². The van der Waals surface area contributed by atoms with Crippen LogP contribution in [0, 0.1) is 5.21 Å². The molecule has 4 nitrogen and oxygen atoms in total. The fourth-order valence-electron chi connectivity index (χ4n) is 1.09. The van der Waals surface area contributed by atoms with E-state index in [4.69, 9.17) is 11.6 Å².